The van der Waals surface area contributed by atoms with Gasteiger partial charge in [-0.3, -0.25) is 0 Å². The van der Waals surface area contributed by atoms with Crippen LogP contribution >= 0.6 is 0 Å². The van der Waals surface area contributed by atoms with Crippen LogP contribution in [0, 0.1) is 17.5 Å². The first kappa shape index (κ1) is 19.1. The number of aryl methyl sites for hydroxylation is 1. The van der Waals surface area contributed by atoms with Gasteiger partial charge < -0.3 is 4.74 Å². The summed E-state index contributed by atoms with van der Waals surface area (Å²) in [6.45, 7) is 1.98. The van der Waals surface area contributed by atoms with Crippen LogP contribution in [0.4, 0.5) is 26.3 Å². The summed E-state index contributed by atoms with van der Waals surface area (Å²) in [6.07, 6.45) is -3.40. The van der Waals surface area contributed by atoms with Gasteiger partial charge in [-0.25, -0.2) is 13.2 Å². The molecule has 0 aliphatic rings. The standard InChI is InChI=1S/C20H14F6O/c1-2-3-11-4-6-14-12(8-11)5-7-15(19(14)27-20(24,25)26)13-9-16(21)18(23)17(22)10-13/h4-10H,2-3H2,1H3. The first-order chi connectivity index (χ1) is 12.7. The van der Waals surface area contributed by atoms with Gasteiger partial charge in [0.25, 0.3) is 0 Å². The maximum Gasteiger partial charge on any atom is 0.573 e. The van der Waals surface area contributed by atoms with Crippen molar-refractivity contribution in [3.63, 3.8) is 0 Å². The van der Waals surface area contributed by atoms with E-state index in [1.807, 2.05) is 6.92 Å². The topological polar surface area (TPSA) is 9.23 Å². The molecule has 1 nitrogen and oxygen atoms in total. The summed E-state index contributed by atoms with van der Waals surface area (Å²) in [5.74, 6) is -5.28. The number of fused-ring (bicyclic) bond motifs is 1. The molecular formula is C20H14F6O. The van der Waals surface area contributed by atoms with E-state index in [-0.39, 0.29) is 16.5 Å². The molecule has 0 fully saturated rings. The molecule has 0 aromatic heterocycles. The fourth-order valence-electron chi connectivity index (χ4n) is 2.96. The van der Waals surface area contributed by atoms with Crippen LogP contribution in [0.25, 0.3) is 21.9 Å². The second-order valence-electron chi connectivity index (χ2n) is 6.05. The van der Waals surface area contributed by atoms with Gasteiger partial charge in [0.15, 0.2) is 17.5 Å². The molecule has 0 N–H and O–H groups in total. The predicted molar refractivity (Wildman–Crippen MR) is 89.9 cm³/mol. The van der Waals surface area contributed by atoms with Gasteiger partial charge >= 0.3 is 6.36 Å². The van der Waals surface area contributed by atoms with Crippen LogP contribution in [0.15, 0.2) is 42.5 Å². The zero-order chi connectivity index (χ0) is 19.8. The summed E-state index contributed by atoms with van der Waals surface area (Å²) < 4.78 is 83.4. The highest BCUT2D eigenvalue weighted by Crippen LogP contribution is 2.40. The Morgan fingerprint density at radius 1 is 0.889 bits per heavy atom. The summed E-state index contributed by atoms with van der Waals surface area (Å²) >= 11 is 0. The summed E-state index contributed by atoms with van der Waals surface area (Å²) in [5.41, 5.74) is 0.487. The Labute approximate surface area is 151 Å². The van der Waals surface area contributed by atoms with Gasteiger partial charge in [0.2, 0.25) is 0 Å². The lowest BCUT2D eigenvalue weighted by Gasteiger charge is -2.17. The highest BCUT2D eigenvalue weighted by Gasteiger charge is 2.33. The van der Waals surface area contributed by atoms with E-state index in [0.29, 0.717) is 17.5 Å². The Bertz CT molecular complexity index is 971. The number of hydrogen-bond acceptors (Lipinski definition) is 1. The minimum Gasteiger partial charge on any atom is -0.404 e. The van der Waals surface area contributed by atoms with Crippen LogP contribution in [0.2, 0.25) is 0 Å². The fraction of sp³-hybridized carbons (Fsp3) is 0.200. The monoisotopic (exact) mass is 384 g/mol. The van der Waals surface area contributed by atoms with Crippen molar-refractivity contribution < 1.29 is 31.1 Å². The second kappa shape index (κ2) is 7.13. The number of benzene rings is 3. The van der Waals surface area contributed by atoms with Crippen molar-refractivity contribution in [1.29, 1.82) is 0 Å². The predicted octanol–water partition coefficient (Wildman–Crippen LogP) is 6.78. The van der Waals surface area contributed by atoms with E-state index >= 15 is 0 Å². The maximum absolute atomic E-state index is 13.6. The zero-order valence-corrected chi connectivity index (χ0v) is 14.1. The van der Waals surface area contributed by atoms with Crippen LogP contribution in [0.5, 0.6) is 5.75 Å². The van der Waals surface area contributed by atoms with E-state index in [9.17, 15) is 26.3 Å². The molecule has 27 heavy (non-hydrogen) atoms. The van der Waals surface area contributed by atoms with Gasteiger partial charge in [0, 0.05) is 10.9 Å². The smallest absolute Gasteiger partial charge is 0.404 e. The van der Waals surface area contributed by atoms with E-state index in [4.69, 9.17) is 0 Å². The molecule has 0 aliphatic carbocycles. The molecule has 0 saturated carbocycles. The second-order valence-corrected chi connectivity index (χ2v) is 6.05. The molecule has 3 rings (SSSR count). The van der Waals surface area contributed by atoms with E-state index in [1.54, 1.807) is 12.1 Å². The molecule has 0 bridgehead atoms. The summed E-state index contributed by atoms with van der Waals surface area (Å²) in [5, 5.41) is 0.627. The van der Waals surface area contributed by atoms with Gasteiger partial charge in [-0.1, -0.05) is 43.7 Å². The normalized spacial score (nSPS) is 11.8. The average molecular weight is 384 g/mol. The lowest BCUT2D eigenvalue weighted by atomic mass is 9.97. The van der Waals surface area contributed by atoms with Crippen LogP contribution in [0.1, 0.15) is 18.9 Å². The van der Waals surface area contributed by atoms with Gasteiger partial charge in [-0.2, -0.15) is 0 Å². The van der Waals surface area contributed by atoms with Crippen molar-refractivity contribution in [3.8, 4) is 16.9 Å². The van der Waals surface area contributed by atoms with Crippen LogP contribution in [-0.2, 0) is 6.42 Å². The Hall–Kier alpha value is -2.70. The largest absolute Gasteiger partial charge is 0.573 e. The maximum atomic E-state index is 13.6. The van der Waals surface area contributed by atoms with Gasteiger partial charge in [-0.05, 0) is 35.1 Å². The van der Waals surface area contributed by atoms with Crippen molar-refractivity contribution in [3.05, 3.63) is 65.5 Å². The number of hydrogen-bond donors (Lipinski definition) is 0. The van der Waals surface area contributed by atoms with Gasteiger partial charge in [0.1, 0.15) is 5.75 Å². The zero-order valence-electron chi connectivity index (χ0n) is 14.1. The Kier molecular flexibility index (Phi) is 5.04. The number of rotatable bonds is 4. The molecule has 0 amide bonds. The van der Waals surface area contributed by atoms with Crippen molar-refractivity contribution >= 4 is 10.8 Å². The van der Waals surface area contributed by atoms with Crippen molar-refractivity contribution in [2.75, 3.05) is 0 Å². The number of ether oxygens (including phenoxy) is 1. The van der Waals surface area contributed by atoms with E-state index < -0.39 is 29.6 Å². The van der Waals surface area contributed by atoms with Crippen molar-refractivity contribution in [2.45, 2.75) is 26.1 Å². The molecule has 0 atom stereocenters. The van der Waals surface area contributed by atoms with Crippen LogP contribution in [0.3, 0.4) is 0 Å². The average Bonchev–Trinajstić information content (AvgIpc) is 2.58. The molecule has 0 spiro atoms. The summed E-state index contributed by atoms with van der Waals surface area (Å²) in [7, 11) is 0. The lowest BCUT2D eigenvalue weighted by Crippen LogP contribution is -2.18. The fourth-order valence-corrected chi connectivity index (χ4v) is 2.96. The Morgan fingerprint density at radius 2 is 1.56 bits per heavy atom. The molecule has 3 aromatic rings. The minimum atomic E-state index is -5.01. The van der Waals surface area contributed by atoms with E-state index in [2.05, 4.69) is 4.74 Å². The van der Waals surface area contributed by atoms with Gasteiger partial charge in [-0.15, -0.1) is 13.2 Å². The lowest BCUT2D eigenvalue weighted by molar-refractivity contribution is -0.273. The number of halogens is 6. The molecule has 0 radical (unpaired) electrons. The highest BCUT2D eigenvalue weighted by atomic mass is 19.4. The van der Waals surface area contributed by atoms with Crippen molar-refractivity contribution in [1.82, 2.24) is 0 Å². The van der Waals surface area contributed by atoms with Crippen molar-refractivity contribution in [2.24, 2.45) is 0 Å². The quantitative estimate of drug-likeness (QED) is 0.356. The molecule has 0 aliphatic heterocycles. The third-order valence-corrected chi connectivity index (χ3v) is 4.09. The minimum absolute atomic E-state index is 0.134. The SMILES string of the molecule is CCCc1ccc2c(OC(F)(F)F)c(-c3cc(F)c(F)c(F)c3)ccc2c1. The van der Waals surface area contributed by atoms with Gasteiger partial charge in [0.05, 0.1) is 0 Å². The molecule has 7 heteroatoms. The number of alkyl halides is 3. The highest BCUT2D eigenvalue weighted by molar-refractivity contribution is 5.95. The van der Waals surface area contributed by atoms with Crippen LogP contribution in [-0.4, -0.2) is 6.36 Å². The molecule has 3 aromatic carbocycles. The van der Waals surface area contributed by atoms with E-state index in [1.165, 1.54) is 18.2 Å². The van der Waals surface area contributed by atoms with Crippen LogP contribution < -0.4 is 4.74 Å². The first-order valence-electron chi connectivity index (χ1n) is 8.16. The molecule has 142 valence electrons. The Balaban J connectivity index is 2.25. The molecule has 0 saturated heterocycles. The Morgan fingerprint density at radius 3 is 2.15 bits per heavy atom. The van der Waals surface area contributed by atoms with E-state index in [0.717, 1.165) is 18.4 Å². The summed E-state index contributed by atoms with van der Waals surface area (Å²) in [4.78, 5) is 0. The third kappa shape index (κ3) is 4.02. The first-order valence-corrected chi connectivity index (χ1v) is 8.16. The third-order valence-electron chi connectivity index (χ3n) is 4.09. The summed E-state index contributed by atoms with van der Waals surface area (Å²) in [6, 6.07) is 8.95. The molecule has 0 heterocycles. The molecular weight excluding hydrogens is 370 g/mol. The molecule has 0 unspecified atom stereocenters.